The second kappa shape index (κ2) is 6.94. The monoisotopic (exact) mass is 386 g/mol. The molecule has 27 heavy (non-hydrogen) atoms. The molecule has 0 unspecified atom stereocenters. The highest BCUT2D eigenvalue weighted by Gasteiger charge is 2.52. The molecule has 1 atom stereocenters. The number of halogens is 1. The highest BCUT2D eigenvalue weighted by atomic mass is 35.5. The fraction of sp³-hybridized carbons (Fsp3) is 0.350. The van der Waals surface area contributed by atoms with Crippen molar-refractivity contribution in [2.75, 3.05) is 18.0 Å². The Bertz CT molecular complexity index is 896. The first-order valence-corrected chi connectivity index (χ1v) is 9.51. The van der Waals surface area contributed by atoms with Gasteiger partial charge in [-0.05, 0) is 55.7 Å². The number of rotatable bonds is 3. The van der Waals surface area contributed by atoms with E-state index in [2.05, 4.69) is 9.48 Å². The van der Waals surface area contributed by atoms with Gasteiger partial charge in [0.2, 0.25) is 0 Å². The number of aliphatic hydroxyl groups is 1. The first-order valence-electron chi connectivity index (χ1n) is 9.13. The van der Waals surface area contributed by atoms with E-state index >= 15 is 0 Å². The van der Waals surface area contributed by atoms with Crippen LogP contribution in [0.15, 0.2) is 48.5 Å². The zero-order chi connectivity index (χ0) is 19.0. The number of nitro benzene ring substituents is 1. The summed E-state index contributed by atoms with van der Waals surface area (Å²) in [4.78, 5) is 12.7. The highest BCUT2D eigenvalue weighted by Crippen LogP contribution is 2.36. The van der Waals surface area contributed by atoms with Gasteiger partial charge >= 0.3 is 0 Å². The Morgan fingerprint density at radius 1 is 1.07 bits per heavy atom. The minimum Gasteiger partial charge on any atom is -0.346 e. The fourth-order valence-electron chi connectivity index (χ4n) is 4.03. The van der Waals surface area contributed by atoms with Crippen molar-refractivity contribution in [1.29, 1.82) is 0 Å². The van der Waals surface area contributed by atoms with E-state index in [0.29, 0.717) is 17.1 Å². The van der Waals surface area contributed by atoms with Gasteiger partial charge in [0, 0.05) is 29.1 Å². The van der Waals surface area contributed by atoms with Crippen LogP contribution in [0.25, 0.3) is 0 Å². The van der Waals surface area contributed by atoms with Gasteiger partial charge in [-0.2, -0.15) is 0 Å². The second-order valence-corrected chi connectivity index (χ2v) is 7.50. The predicted molar refractivity (Wildman–Crippen MR) is 104 cm³/mol. The molecule has 0 spiro atoms. The molecule has 6 nitrogen and oxygen atoms in total. The smallest absolute Gasteiger partial charge is 0.271 e. The van der Waals surface area contributed by atoms with Crippen LogP contribution in [0.5, 0.6) is 0 Å². The van der Waals surface area contributed by atoms with Crippen molar-refractivity contribution in [1.82, 2.24) is 0 Å². The standard InChI is InChI=1S/C20H21ClN3O3/c21-16-7-11-17(12-8-16)22-14-20(25,23-13-3-1-2-4-19(22)23)15-5-9-18(10-6-15)24(26)27/h5-12,25H,1-4,13-14H2/q+1/t20-/m1/s1. The first-order chi connectivity index (χ1) is 13.0. The number of benzene rings is 2. The molecule has 4 rings (SSSR count). The van der Waals surface area contributed by atoms with Crippen LogP contribution < -0.4 is 4.90 Å². The van der Waals surface area contributed by atoms with E-state index in [9.17, 15) is 15.2 Å². The molecule has 2 aromatic carbocycles. The summed E-state index contributed by atoms with van der Waals surface area (Å²) in [7, 11) is 0. The van der Waals surface area contributed by atoms with Crippen LogP contribution in [-0.2, 0) is 5.72 Å². The van der Waals surface area contributed by atoms with Crippen molar-refractivity contribution in [2.45, 2.75) is 31.4 Å². The lowest BCUT2D eigenvalue weighted by atomic mass is 10.0. The van der Waals surface area contributed by atoms with Crippen LogP contribution in [0.3, 0.4) is 0 Å². The molecular weight excluding hydrogens is 366 g/mol. The average molecular weight is 387 g/mol. The maximum absolute atomic E-state index is 11.7. The molecule has 0 aliphatic carbocycles. The molecule has 0 radical (unpaired) electrons. The Labute approximate surface area is 162 Å². The molecule has 0 fully saturated rings. The molecule has 0 saturated carbocycles. The zero-order valence-electron chi connectivity index (χ0n) is 14.8. The van der Waals surface area contributed by atoms with Crippen molar-refractivity contribution in [3.8, 4) is 0 Å². The molecular formula is C20H21ClN3O3+. The van der Waals surface area contributed by atoms with Crippen LogP contribution in [0, 0.1) is 10.1 Å². The van der Waals surface area contributed by atoms with Gasteiger partial charge in [-0.25, -0.2) is 9.48 Å². The Morgan fingerprint density at radius 3 is 2.44 bits per heavy atom. The topological polar surface area (TPSA) is 69.6 Å². The lowest BCUT2D eigenvalue weighted by Crippen LogP contribution is -2.41. The van der Waals surface area contributed by atoms with Gasteiger partial charge in [-0.1, -0.05) is 11.6 Å². The van der Waals surface area contributed by atoms with Gasteiger partial charge in [-0.15, -0.1) is 0 Å². The Morgan fingerprint density at radius 2 is 1.78 bits per heavy atom. The van der Waals surface area contributed by atoms with E-state index in [-0.39, 0.29) is 5.69 Å². The summed E-state index contributed by atoms with van der Waals surface area (Å²) in [6, 6.07) is 13.8. The summed E-state index contributed by atoms with van der Waals surface area (Å²) in [5.74, 6) is 1.09. The number of anilines is 1. The maximum Gasteiger partial charge on any atom is 0.271 e. The van der Waals surface area contributed by atoms with E-state index in [1.165, 1.54) is 12.1 Å². The number of hydrogen-bond donors (Lipinski definition) is 1. The van der Waals surface area contributed by atoms with Gasteiger partial charge in [0.25, 0.3) is 17.2 Å². The van der Waals surface area contributed by atoms with E-state index < -0.39 is 10.6 Å². The number of amidine groups is 1. The quantitative estimate of drug-likeness (QED) is 0.493. The van der Waals surface area contributed by atoms with E-state index in [1.807, 2.05) is 24.3 Å². The van der Waals surface area contributed by atoms with E-state index in [0.717, 1.165) is 43.8 Å². The first kappa shape index (κ1) is 17.9. The Balaban J connectivity index is 1.77. The van der Waals surface area contributed by atoms with Crippen molar-refractivity contribution >= 4 is 28.8 Å². The fourth-order valence-corrected chi connectivity index (χ4v) is 4.15. The van der Waals surface area contributed by atoms with Crippen LogP contribution >= 0.6 is 11.6 Å². The largest absolute Gasteiger partial charge is 0.346 e. The van der Waals surface area contributed by atoms with Gasteiger partial charge in [0.1, 0.15) is 5.69 Å². The molecule has 0 amide bonds. The average Bonchev–Trinajstić information content (AvgIpc) is 2.83. The molecule has 2 aliphatic rings. The Kier molecular flexibility index (Phi) is 4.61. The molecule has 0 aromatic heterocycles. The third kappa shape index (κ3) is 3.19. The van der Waals surface area contributed by atoms with Crippen molar-refractivity contribution in [3.05, 3.63) is 69.2 Å². The summed E-state index contributed by atoms with van der Waals surface area (Å²) < 4.78 is 2.07. The number of nitro groups is 1. The number of β-amino-alcohol motifs (C(OH)–C–C–N with tert-alkyl or cyclic N) is 1. The van der Waals surface area contributed by atoms with E-state index in [4.69, 9.17) is 11.6 Å². The van der Waals surface area contributed by atoms with E-state index in [1.54, 1.807) is 12.1 Å². The number of hydrogen-bond acceptors (Lipinski definition) is 4. The van der Waals surface area contributed by atoms with Crippen molar-refractivity contribution < 1.29 is 14.6 Å². The summed E-state index contributed by atoms with van der Waals surface area (Å²) in [6.07, 6.45) is 4.09. The van der Waals surface area contributed by atoms with Gasteiger partial charge in [0.15, 0.2) is 6.54 Å². The number of non-ortho nitro benzene ring substituents is 1. The zero-order valence-corrected chi connectivity index (χ0v) is 15.6. The summed E-state index contributed by atoms with van der Waals surface area (Å²) in [5, 5.41) is 23.3. The molecule has 2 aliphatic heterocycles. The van der Waals surface area contributed by atoms with Gasteiger partial charge < -0.3 is 5.11 Å². The molecule has 1 N–H and O–H groups in total. The molecule has 0 bridgehead atoms. The second-order valence-electron chi connectivity index (χ2n) is 7.06. The Hall–Kier alpha value is -2.44. The third-order valence-electron chi connectivity index (χ3n) is 5.41. The summed E-state index contributed by atoms with van der Waals surface area (Å²) in [5.41, 5.74) is 0.465. The molecule has 7 heteroatoms. The van der Waals surface area contributed by atoms with Crippen molar-refractivity contribution in [3.63, 3.8) is 0 Å². The summed E-state index contributed by atoms with van der Waals surface area (Å²) >= 11 is 6.03. The van der Waals surface area contributed by atoms with Crippen LogP contribution in [0.2, 0.25) is 5.02 Å². The van der Waals surface area contributed by atoms with Crippen LogP contribution in [0.1, 0.15) is 31.2 Å². The van der Waals surface area contributed by atoms with Crippen LogP contribution in [-0.4, -0.2) is 33.5 Å². The maximum atomic E-state index is 11.7. The SMILES string of the molecule is O=[N+]([O-])c1ccc([C@]2(O)CN(c3ccc(Cl)cc3)C3=[N+]2CCCCC3)cc1. The molecule has 140 valence electrons. The van der Waals surface area contributed by atoms with Gasteiger partial charge in [0.05, 0.1) is 11.5 Å². The minimum atomic E-state index is -1.21. The lowest BCUT2D eigenvalue weighted by molar-refractivity contribution is -0.658. The minimum absolute atomic E-state index is 0.0231. The molecule has 2 heterocycles. The van der Waals surface area contributed by atoms with Crippen LogP contribution in [0.4, 0.5) is 11.4 Å². The number of nitrogens with zero attached hydrogens (tertiary/aromatic N) is 3. The molecule has 0 saturated heterocycles. The summed E-state index contributed by atoms with van der Waals surface area (Å²) in [6.45, 7) is 1.13. The van der Waals surface area contributed by atoms with Gasteiger partial charge in [-0.3, -0.25) is 10.1 Å². The lowest BCUT2D eigenvalue weighted by Gasteiger charge is -2.23. The molecule has 2 aromatic rings. The third-order valence-corrected chi connectivity index (χ3v) is 5.66. The normalized spacial score (nSPS) is 22.5. The predicted octanol–water partition coefficient (Wildman–Crippen LogP) is 3.90. The van der Waals surface area contributed by atoms with Crippen molar-refractivity contribution in [2.24, 2.45) is 0 Å². The highest BCUT2D eigenvalue weighted by molar-refractivity contribution is 6.30.